The summed E-state index contributed by atoms with van der Waals surface area (Å²) < 4.78 is 5.52. The molecule has 0 saturated carbocycles. The molecule has 0 aromatic rings. The fourth-order valence-electron chi connectivity index (χ4n) is 1.07. The zero-order chi connectivity index (χ0) is 11.7. The molecule has 0 amide bonds. The second kappa shape index (κ2) is 5.00. The van der Waals surface area contributed by atoms with Crippen LogP contribution in [0.15, 0.2) is 0 Å². The number of hydrogen-bond acceptors (Lipinski definition) is 2. The fraction of sp³-hybridized carbons (Fsp3) is 1.00. The molecule has 0 aromatic carbocycles. The van der Waals surface area contributed by atoms with E-state index in [1.54, 1.807) is 0 Å². The average Bonchev–Trinajstić information content (AvgIpc) is 1.97. The number of nitrogens with zero attached hydrogens (tertiary/aromatic N) is 2. The predicted molar refractivity (Wildman–Crippen MR) is 73.8 cm³/mol. The van der Waals surface area contributed by atoms with Crippen molar-refractivity contribution in [2.24, 2.45) is 0 Å². The Morgan fingerprint density at radius 3 is 1.07 bits per heavy atom. The van der Waals surface area contributed by atoms with Crippen molar-refractivity contribution >= 4 is 37.2 Å². The molecule has 0 aromatic heterocycles. The normalized spacial score (nSPS) is 14.6. The molecule has 0 aliphatic carbocycles. The molecular formula is C9H27N2SbSi2. The summed E-state index contributed by atoms with van der Waals surface area (Å²) in [5.74, 6) is 0. The molecule has 0 fully saturated rings. The summed E-state index contributed by atoms with van der Waals surface area (Å²) >= 11 is -1.31. The zero-order valence-electron chi connectivity index (χ0n) is 11.3. The summed E-state index contributed by atoms with van der Waals surface area (Å²) in [4.78, 5) is 2.51. The van der Waals surface area contributed by atoms with Crippen molar-refractivity contribution in [3.8, 4) is 0 Å². The summed E-state index contributed by atoms with van der Waals surface area (Å²) in [5, 5.41) is 0. The van der Waals surface area contributed by atoms with E-state index in [4.69, 9.17) is 0 Å². The molecule has 0 unspecified atom stereocenters. The van der Waals surface area contributed by atoms with Gasteiger partial charge >= 0.3 is 101 Å². The van der Waals surface area contributed by atoms with Crippen LogP contribution in [0.3, 0.4) is 0 Å². The zero-order valence-corrected chi connectivity index (χ0v) is 15.9. The monoisotopic (exact) mass is 340 g/mol. The summed E-state index contributed by atoms with van der Waals surface area (Å²) in [6.45, 7) is 14.7. The van der Waals surface area contributed by atoms with E-state index in [0.717, 1.165) is 0 Å². The Kier molecular flexibility index (Phi) is 5.42. The van der Waals surface area contributed by atoms with E-state index in [1.165, 1.54) is 0 Å². The first-order chi connectivity index (χ1) is 5.98. The molecule has 0 heterocycles. The maximum absolute atomic E-state index is 2.76. The molecule has 5 heteroatoms. The molecule has 0 aliphatic heterocycles. The van der Waals surface area contributed by atoms with Crippen LogP contribution in [-0.2, 0) is 0 Å². The molecule has 0 spiro atoms. The summed E-state index contributed by atoms with van der Waals surface area (Å²) in [5.41, 5.74) is 0. The quantitative estimate of drug-likeness (QED) is 0.726. The Labute approximate surface area is 101 Å². The van der Waals surface area contributed by atoms with Gasteiger partial charge in [0.25, 0.3) is 0 Å². The molecule has 0 bridgehead atoms. The van der Waals surface area contributed by atoms with Gasteiger partial charge in [0, 0.05) is 0 Å². The maximum atomic E-state index is 2.76. The van der Waals surface area contributed by atoms with Crippen LogP contribution >= 0.6 is 0 Å². The van der Waals surface area contributed by atoms with E-state index in [1.807, 2.05) is 0 Å². The van der Waals surface area contributed by atoms with Crippen LogP contribution in [0.1, 0.15) is 0 Å². The third-order valence-corrected chi connectivity index (χ3v) is 25.8. The fourth-order valence-corrected chi connectivity index (χ4v) is 21.2. The van der Waals surface area contributed by atoms with Gasteiger partial charge in [0.1, 0.15) is 0 Å². The summed E-state index contributed by atoms with van der Waals surface area (Å²) in [7, 11) is 2.57. The Bertz CT molecular complexity index is 166. The molecule has 0 atom stereocenters. The van der Waals surface area contributed by atoms with Gasteiger partial charge in [0.2, 0.25) is 0 Å². The van der Waals surface area contributed by atoms with E-state index in [-0.39, 0.29) is 0 Å². The predicted octanol–water partition coefficient (Wildman–Crippen LogP) is 2.64. The third-order valence-electron chi connectivity index (χ3n) is 2.81. The number of hydrogen-bond donors (Lipinski definition) is 0. The van der Waals surface area contributed by atoms with E-state index in [0.29, 0.717) is 0 Å². The first-order valence-corrected chi connectivity index (χ1v) is 16.9. The van der Waals surface area contributed by atoms with Crippen LogP contribution in [0.4, 0.5) is 0 Å². The topological polar surface area (TPSA) is 6.48 Å². The van der Waals surface area contributed by atoms with Crippen LogP contribution in [0.2, 0.25) is 44.2 Å². The SMILES string of the molecule is C[N]([Sb]([CH3])[N](C)[Si](C)(C)C)[Si](C)(C)C. The van der Waals surface area contributed by atoms with Gasteiger partial charge in [0.15, 0.2) is 0 Å². The van der Waals surface area contributed by atoms with E-state index in [2.05, 4.69) is 63.7 Å². The Morgan fingerprint density at radius 2 is 0.929 bits per heavy atom. The van der Waals surface area contributed by atoms with E-state index >= 15 is 0 Å². The van der Waals surface area contributed by atoms with E-state index < -0.39 is 37.2 Å². The second-order valence-electron chi connectivity index (χ2n) is 5.88. The molecule has 2 nitrogen and oxygen atoms in total. The molecule has 14 heavy (non-hydrogen) atoms. The van der Waals surface area contributed by atoms with Crippen molar-refractivity contribution < 1.29 is 0 Å². The van der Waals surface area contributed by atoms with Gasteiger partial charge in [0.05, 0.1) is 0 Å². The second-order valence-corrected chi connectivity index (χ2v) is 24.4. The summed E-state index contributed by atoms with van der Waals surface area (Å²) in [6, 6.07) is 0. The van der Waals surface area contributed by atoms with Crippen molar-refractivity contribution in [1.82, 2.24) is 5.45 Å². The van der Waals surface area contributed by atoms with Crippen LogP contribution in [0, 0.1) is 0 Å². The molecule has 0 saturated heterocycles. The minimum absolute atomic E-state index is 1.07. The molecule has 0 N–H and O–H groups in total. The average molecular weight is 341 g/mol. The first-order valence-electron chi connectivity index (χ1n) is 5.19. The number of rotatable bonds is 4. The van der Waals surface area contributed by atoms with Gasteiger partial charge in [-0.2, -0.15) is 0 Å². The Balaban J connectivity index is 4.56. The standard InChI is InChI=1S/2C4H12NSi.CH3.Sb/c2*1-5-6(2,3)4;;/h2*1-4H3;1H3;/q2*-1;;+2. The summed E-state index contributed by atoms with van der Waals surface area (Å²) in [6.07, 6.45) is 0. The Hall–Kier alpha value is 1.17. The third kappa shape index (κ3) is 4.35. The van der Waals surface area contributed by atoms with Crippen molar-refractivity contribution in [2.75, 3.05) is 14.1 Å². The van der Waals surface area contributed by atoms with Crippen LogP contribution in [-0.4, -0.2) is 56.8 Å². The van der Waals surface area contributed by atoms with Crippen molar-refractivity contribution in [1.29, 1.82) is 0 Å². The van der Waals surface area contributed by atoms with Gasteiger partial charge in [-0.25, -0.2) is 0 Å². The Morgan fingerprint density at radius 1 is 0.714 bits per heavy atom. The van der Waals surface area contributed by atoms with Crippen molar-refractivity contribution in [2.45, 2.75) is 44.2 Å². The van der Waals surface area contributed by atoms with Gasteiger partial charge in [-0.1, -0.05) is 0 Å². The molecule has 0 rings (SSSR count). The molecule has 0 aliphatic rings. The molecule has 86 valence electrons. The van der Waals surface area contributed by atoms with E-state index in [9.17, 15) is 0 Å². The van der Waals surface area contributed by atoms with Gasteiger partial charge in [-0.05, 0) is 0 Å². The van der Waals surface area contributed by atoms with Crippen LogP contribution in [0.25, 0.3) is 0 Å². The van der Waals surface area contributed by atoms with Crippen molar-refractivity contribution in [3.05, 3.63) is 0 Å². The van der Waals surface area contributed by atoms with Crippen LogP contribution < -0.4 is 0 Å². The van der Waals surface area contributed by atoms with Crippen molar-refractivity contribution in [3.63, 3.8) is 0 Å². The molecule has 0 radical (unpaired) electrons. The van der Waals surface area contributed by atoms with Gasteiger partial charge in [-0.3, -0.25) is 0 Å². The van der Waals surface area contributed by atoms with Gasteiger partial charge < -0.3 is 0 Å². The van der Waals surface area contributed by atoms with Crippen LogP contribution in [0.5, 0.6) is 0 Å². The first kappa shape index (κ1) is 15.2. The minimum atomic E-state index is -1.31. The van der Waals surface area contributed by atoms with Gasteiger partial charge in [-0.15, -0.1) is 0 Å². The molecular weight excluding hydrogens is 314 g/mol.